The largest absolute Gasteiger partial charge is 0.372 e. The van der Waals surface area contributed by atoms with Gasteiger partial charge in [-0.15, -0.1) is 0 Å². The number of halogens is 1. The summed E-state index contributed by atoms with van der Waals surface area (Å²) in [6.07, 6.45) is 1.70. The van der Waals surface area contributed by atoms with E-state index in [4.69, 9.17) is 4.74 Å². The molecule has 25 heavy (non-hydrogen) atoms. The topological polar surface area (TPSA) is 54.5 Å². The van der Waals surface area contributed by atoms with Gasteiger partial charge >= 0.3 is 0 Å². The molecule has 1 aromatic heterocycles. The Labute approximate surface area is 146 Å². The highest BCUT2D eigenvalue weighted by Crippen LogP contribution is 2.24. The van der Waals surface area contributed by atoms with Gasteiger partial charge in [0.05, 0.1) is 17.9 Å². The van der Waals surface area contributed by atoms with Crippen molar-refractivity contribution in [3.63, 3.8) is 0 Å². The zero-order chi connectivity index (χ0) is 17.8. The van der Waals surface area contributed by atoms with Crippen LogP contribution in [0.15, 0.2) is 42.6 Å². The van der Waals surface area contributed by atoms with Crippen LogP contribution in [0.25, 0.3) is 0 Å². The third kappa shape index (κ3) is 4.33. The summed E-state index contributed by atoms with van der Waals surface area (Å²) < 4.78 is 20.2. The van der Waals surface area contributed by atoms with E-state index in [2.05, 4.69) is 10.3 Å². The Kier molecular flexibility index (Phi) is 5.28. The van der Waals surface area contributed by atoms with Crippen LogP contribution in [0.4, 0.5) is 10.1 Å². The molecule has 1 N–H and O–H groups in total. The van der Waals surface area contributed by atoms with E-state index in [1.807, 2.05) is 24.8 Å². The lowest BCUT2D eigenvalue weighted by atomic mass is 10.1. The van der Waals surface area contributed by atoms with Crippen molar-refractivity contribution in [2.24, 2.45) is 0 Å². The Hall–Kier alpha value is -2.47. The van der Waals surface area contributed by atoms with Crippen LogP contribution in [0.3, 0.4) is 0 Å². The summed E-state index contributed by atoms with van der Waals surface area (Å²) >= 11 is 0. The molecule has 1 aliphatic heterocycles. The van der Waals surface area contributed by atoms with E-state index in [-0.39, 0.29) is 30.5 Å². The highest BCUT2D eigenvalue weighted by atomic mass is 19.1. The van der Waals surface area contributed by atoms with E-state index >= 15 is 0 Å². The van der Waals surface area contributed by atoms with Gasteiger partial charge in [0.2, 0.25) is 0 Å². The van der Waals surface area contributed by atoms with Crippen LogP contribution in [-0.4, -0.2) is 36.2 Å². The molecule has 5 nitrogen and oxygen atoms in total. The fourth-order valence-corrected chi connectivity index (χ4v) is 3.06. The average molecular weight is 343 g/mol. The minimum Gasteiger partial charge on any atom is -0.372 e. The van der Waals surface area contributed by atoms with Gasteiger partial charge in [0.25, 0.3) is 5.91 Å². The minimum atomic E-state index is -0.286. The molecule has 1 aliphatic rings. The highest BCUT2D eigenvalue weighted by molar-refractivity contribution is 5.92. The number of carbonyl (C=O) groups is 1. The van der Waals surface area contributed by atoms with Crippen LogP contribution in [0.2, 0.25) is 0 Å². The summed E-state index contributed by atoms with van der Waals surface area (Å²) in [5.41, 5.74) is 1.62. The number of anilines is 1. The summed E-state index contributed by atoms with van der Waals surface area (Å²) in [6.45, 7) is 5.56. The van der Waals surface area contributed by atoms with Crippen LogP contribution >= 0.6 is 0 Å². The molecule has 1 amide bonds. The third-order valence-corrected chi connectivity index (χ3v) is 4.12. The molecule has 0 bridgehead atoms. The van der Waals surface area contributed by atoms with Gasteiger partial charge in [-0.25, -0.2) is 4.39 Å². The standard InChI is InChI=1S/C19H22FN3O2/c1-13-11-23(12-14(2)25-13)18-7-6-15(9-16(18)20)10-22-19(24)17-5-3-4-8-21-17/h3-9,13-14H,10-12H2,1-2H3,(H,22,24). The van der Waals surface area contributed by atoms with Crippen molar-refractivity contribution in [1.29, 1.82) is 0 Å². The molecular formula is C19H22FN3O2. The molecule has 132 valence electrons. The zero-order valence-electron chi connectivity index (χ0n) is 14.4. The minimum absolute atomic E-state index is 0.0699. The normalized spacial score (nSPS) is 20.4. The Morgan fingerprint density at radius 3 is 2.68 bits per heavy atom. The van der Waals surface area contributed by atoms with Crippen LogP contribution in [0, 0.1) is 5.82 Å². The average Bonchev–Trinajstić information content (AvgIpc) is 2.59. The van der Waals surface area contributed by atoms with Crippen LogP contribution in [0.5, 0.6) is 0 Å². The van der Waals surface area contributed by atoms with E-state index in [1.165, 1.54) is 6.07 Å². The van der Waals surface area contributed by atoms with Crippen molar-refractivity contribution in [3.8, 4) is 0 Å². The summed E-state index contributed by atoms with van der Waals surface area (Å²) in [7, 11) is 0. The first-order valence-electron chi connectivity index (χ1n) is 8.41. The maximum atomic E-state index is 14.5. The number of benzene rings is 1. The number of carbonyl (C=O) groups excluding carboxylic acids is 1. The monoisotopic (exact) mass is 343 g/mol. The molecule has 6 heteroatoms. The second kappa shape index (κ2) is 7.61. The van der Waals surface area contributed by atoms with Gasteiger partial charge in [-0.1, -0.05) is 12.1 Å². The number of pyridine rings is 1. The number of nitrogens with one attached hydrogen (secondary N) is 1. The molecule has 3 rings (SSSR count). The van der Waals surface area contributed by atoms with E-state index in [0.29, 0.717) is 30.0 Å². The number of hydrogen-bond acceptors (Lipinski definition) is 4. The molecule has 1 saturated heterocycles. The summed E-state index contributed by atoms with van der Waals surface area (Å²) in [5.74, 6) is -0.563. The van der Waals surface area contributed by atoms with Gasteiger partial charge in [0.15, 0.2) is 0 Å². The van der Waals surface area contributed by atoms with Crippen molar-refractivity contribution in [1.82, 2.24) is 10.3 Å². The van der Waals surface area contributed by atoms with Crippen molar-refractivity contribution < 1.29 is 13.9 Å². The predicted molar refractivity (Wildman–Crippen MR) is 94.0 cm³/mol. The Bertz CT molecular complexity index is 729. The molecule has 2 aromatic rings. The van der Waals surface area contributed by atoms with E-state index in [0.717, 1.165) is 0 Å². The van der Waals surface area contributed by atoms with Gasteiger partial charge in [-0.3, -0.25) is 9.78 Å². The van der Waals surface area contributed by atoms with Crippen molar-refractivity contribution in [2.75, 3.05) is 18.0 Å². The molecule has 0 saturated carbocycles. The van der Waals surface area contributed by atoms with Gasteiger partial charge in [0, 0.05) is 25.8 Å². The number of rotatable bonds is 4. The number of morpholine rings is 1. The number of aromatic nitrogens is 1. The second-order valence-corrected chi connectivity index (χ2v) is 6.35. The van der Waals surface area contributed by atoms with E-state index < -0.39 is 0 Å². The summed E-state index contributed by atoms with van der Waals surface area (Å²) in [6, 6.07) is 10.2. The molecule has 1 aromatic carbocycles. The van der Waals surface area contributed by atoms with Gasteiger partial charge < -0.3 is 15.0 Å². The SMILES string of the molecule is CC1CN(c2ccc(CNC(=O)c3ccccn3)cc2F)CC(C)O1. The number of nitrogens with zero attached hydrogens (tertiary/aromatic N) is 2. The van der Waals surface area contributed by atoms with Crippen LogP contribution < -0.4 is 10.2 Å². The molecule has 2 unspecified atom stereocenters. The van der Waals surface area contributed by atoms with Crippen molar-refractivity contribution >= 4 is 11.6 Å². The smallest absolute Gasteiger partial charge is 0.270 e. The maximum absolute atomic E-state index is 14.5. The first-order chi connectivity index (χ1) is 12.0. The number of amides is 1. The second-order valence-electron chi connectivity index (χ2n) is 6.35. The molecular weight excluding hydrogens is 321 g/mol. The molecule has 0 spiro atoms. The van der Waals surface area contributed by atoms with Crippen molar-refractivity contribution in [2.45, 2.75) is 32.6 Å². The molecule has 2 atom stereocenters. The van der Waals surface area contributed by atoms with Gasteiger partial charge in [-0.2, -0.15) is 0 Å². The Morgan fingerprint density at radius 2 is 2.04 bits per heavy atom. The summed E-state index contributed by atoms with van der Waals surface area (Å²) in [4.78, 5) is 18.0. The molecule has 0 aliphatic carbocycles. The Balaban J connectivity index is 1.65. The summed E-state index contributed by atoms with van der Waals surface area (Å²) in [5, 5.41) is 2.75. The van der Waals surface area contributed by atoms with Crippen LogP contribution in [-0.2, 0) is 11.3 Å². The zero-order valence-corrected chi connectivity index (χ0v) is 14.4. The number of hydrogen-bond donors (Lipinski definition) is 1. The molecule has 2 heterocycles. The van der Waals surface area contributed by atoms with Gasteiger partial charge in [0.1, 0.15) is 11.5 Å². The lowest BCUT2D eigenvalue weighted by Gasteiger charge is -2.37. The lowest BCUT2D eigenvalue weighted by Crippen LogP contribution is -2.45. The predicted octanol–water partition coefficient (Wildman–Crippen LogP) is 2.76. The van der Waals surface area contributed by atoms with E-state index in [9.17, 15) is 9.18 Å². The first-order valence-corrected chi connectivity index (χ1v) is 8.41. The maximum Gasteiger partial charge on any atom is 0.270 e. The quantitative estimate of drug-likeness (QED) is 0.927. The third-order valence-electron chi connectivity index (χ3n) is 4.12. The fourth-order valence-electron chi connectivity index (χ4n) is 3.06. The van der Waals surface area contributed by atoms with Crippen LogP contribution in [0.1, 0.15) is 29.9 Å². The Morgan fingerprint density at radius 1 is 1.28 bits per heavy atom. The molecule has 1 fully saturated rings. The lowest BCUT2D eigenvalue weighted by molar-refractivity contribution is -0.00539. The number of ether oxygens (including phenoxy) is 1. The van der Waals surface area contributed by atoms with E-state index in [1.54, 1.807) is 30.5 Å². The highest BCUT2D eigenvalue weighted by Gasteiger charge is 2.24. The van der Waals surface area contributed by atoms with Gasteiger partial charge in [-0.05, 0) is 43.7 Å². The fraction of sp³-hybridized carbons (Fsp3) is 0.368. The first kappa shape index (κ1) is 17.4. The van der Waals surface area contributed by atoms with Crippen molar-refractivity contribution in [3.05, 3.63) is 59.7 Å². The molecule has 0 radical (unpaired) electrons.